The summed E-state index contributed by atoms with van der Waals surface area (Å²) in [6, 6.07) is 7.75. The lowest BCUT2D eigenvalue weighted by atomic mass is 10.00. The van der Waals surface area contributed by atoms with Gasteiger partial charge in [0.25, 0.3) is 0 Å². The zero-order valence-corrected chi connectivity index (χ0v) is 13.0. The van der Waals surface area contributed by atoms with Crippen LogP contribution >= 0.6 is 15.9 Å². The van der Waals surface area contributed by atoms with Gasteiger partial charge in [0.15, 0.2) is 0 Å². The highest BCUT2D eigenvalue weighted by molar-refractivity contribution is 9.10. The topological polar surface area (TPSA) is 58.9 Å². The molecular formula is C15H17BrO4. The fourth-order valence-corrected chi connectivity index (χ4v) is 3.03. The summed E-state index contributed by atoms with van der Waals surface area (Å²) < 4.78 is 11.7. The van der Waals surface area contributed by atoms with E-state index in [0.717, 1.165) is 20.8 Å². The lowest BCUT2D eigenvalue weighted by molar-refractivity contribution is 0.0948. The average molecular weight is 341 g/mol. The molecule has 0 heterocycles. The summed E-state index contributed by atoms with van der Waals surface area (Å²) >= 11 is 3.51. The number of rotatable bonds is 5. The Balaban J connectivity index is 2.75. The van der Waals surface area contributed by atoms with Crippen LogP contribution in [0.3, 0.4) is 0 Å². The first-order chi connectivity index (χ1) is 9.63. The van der Waals surface area contributed by atoms with Gasteiger partial charge in [0.05, 0.1) is 31.4 Å². The van der Waals surface area contributed by atoms with E-state index in [1.807, 2.05) is 24.3 Å². The van der Waals surface area contributed by atoms with Gasteiger partial charge in [-0.2, -0.15) is 0 Å². The second-order valence-electron chi connectivity index (χ2n) is 4.45. The molecule has 2 aromatic rings. The molecule has 0 unspecified atom stereocenters. The molecule has 2 N–H and O–H groups in total. The highest BCUT2D eigenvalue weighted by Crippen LogP contribution is 2.44. The summed E-state index contributed by atoms with van der Waals surface area (Å²) in [5, 5.41) is 20.6. The lowest BCUT2D eigenvalue weighted by Gasteiger charge is -2.19. The highest BCUT2D eigenvalue weighted by atomic mass is 79.9. The molecule has 0 aliphatic carbocycles. The van der Waals surface area contributed by atoms with Crippen LogP contribution in [0.2, 0.25) is 0 Å². The fourth-order valence-electron chi connectivity index (χ4n) is 2.31. The van der Waals surface area contributed by atoms with Gasteiger partial charge in [-0.05, 0) is 15.9 Å². The van der Waals surface area contributed by atoms with Crippen molar-refractivity contribution in [2.24, 2.45) is 0 Å². The molecule has 0 amide bonds. The van der Waals surface area contributed by atoms with Crippen molar-refractivity contribution in [1.29, 1.82) is 0 Å². The first-order valence-corrected chi connectivity index (χ1v) is 7.03. The van der Waals surface area contributed by atoms with Gasteiger partial charge < -0.3 is 19.7 Å². The Hall–Kier alpha value is -1.30. The Labute approximate surface area is 126 Å². The minimum atomic E-state index is -0.842. The minimum Gasteiger partial charge on any atom is -0.496 e. The van der Waals surface area contributed by atoms with Crippen molar-refractivity contribution in [3.05, 3.63) is 34.3 Å². The van der Waals surface area contributed by atoms with Crippen LogP contribution in [-0.2, 0) is 6.42 Å². The van der Waals surface area contributed by atoms with Gasteiger partial charge in [0.1, 0.15) is 11.5 Å². The molecule has 0 saturated carbocycles. The maximum absolute atomic E-state index is 9.72. The second-order valence-corrected chi connectivity index (χ2v) is 5.24. The van der Waals surface area contributed by atoms with Crippen LogP contribution in [0.15, 0.2) is 28.7 Å². The minimum absolute atomic E-state index is 0.279. The molecule has 5 heteroatoms. The molecule has 2 rings (SSSR count). The van der Waals surface area contributed by atoms with Crippen LogP contribution in [0.1, 0.15) is 5.56 Å². The summed E-state index contributed by atoms with van der Waals surface area (Å²) in [5.41, 5.74) is 0.782. The van der Waals surface area contributed by atoms with Gasteiger partial charge in [-0.25, -0.2) is 0 Å². The lowest BCUT2D eigenvalue weighted by Crippen LogP contribution is -2.16. The largest absolute Gasteiger partial charge is 0.496 e. The van der Waals surface area contributed by atoms with Crippen molar-refractivity contribution < 1.29 is 19.7 Å². The quantitative estimate of drug-likeness (QED) is 0.877. The molecule has 0 saturated heterocycles. The van der Waals surface area contributed by atoms with E-state index in [9.17, 15) is 5.11 Å². The van der Waals surface area contributed by atoms with Crippen LogP contribution in [0.5, 0.6) is 11.5 Å². The Morgan fingerprint density at radius 3 is 2.15 bits per heavy atom. The van der Waals surface area contributed by atoms with Crippen molar-refractivity contribution in [3.63, 3.8) is 0 Å². The molecule has 0 aliphatic rings. The zero-order valence-electron chi connectivity index (χ0n) is 11.4. The van der Waals surface area contributed by atoms with Crippen LogP contribution in [-0.4, -0.2) is 37.1 Å². The highest BCUT2D eigenvalue weighted by Gasteiger charge is 2.20. The van der Waals surface area contributed by atoms with Gasteiger partial charge in [-0.1, -0.05) is 24.3 Å². The SMILES string of the molecule is COc1c(Br)c(C[C@H](O)CO)c(OC)c2ccccc12. The molecule has 108 valence electrons. The van der Waals surface area contributed by atoms with E-state index in [1.165, 1.54) is 0 Å². The maximum Gasteiger partial charge on any atom is 0.141 e. The number of halogens is 1. The normalized spacial score (nSPS) is 12.4. The number of methoxy groups -OCH3 is 2. The van der Waals surface area contributed by atoms with E-state index in [4.69, 9.17) is 14.6 Å². The predicted octanol–water partition coefficient (Wildman–Crippen LogP) is 2.52. The van der Waals surface area contributed by atoms with E-state index in [-0.39, 0.29) is 13.0 Å². The molecule has 20 heavy (non-hydrogen) atoms. The smallest absolute Gasteiger partial charge is 0.141 e. The summed E-state index contributed by atoms with van der Waals surface area (Å²) in [6.45, 7) is -0.301. The van der Waals surface area contributed by atoms with Gasteiger partial charge in [0.2, 0.25) is 0 Å². The van der Waals surface area contributed by atoms with Crippen molar-refractivity contribution in [1.82, 2.24) is 0 Å². The number of ether oxygens (including phenoxy) is 2. The Morgan fingerprint density at radius 1 is 1.10 bits per heavy atom. The fraction of sp³-hybridized carbons (Fsp3) is 0.333. The number of aliphatic hydroxyl groups excluding tert-OH is 2. The molecular weight excluding hydrogens is 324 g/mol. The third-order valence-electron chi connectivity index (χ3n) is 3.21. The molecule has 4 nitrogen and oxygen atoms in total. The molecule has 0 fully saturated rings. The second kappa shape index (κ2) is 6.43. The monoisotopic (exact) mass is 340 g/mol. The van der Waals surface area contributed by atoms with Crippen molar-refractivity contribution in [2.45, 2.75) is 12.5 Å². The number of fused-ring (bicyclic) bond motifs is 1. The van der Waals surface area contributed by atoms with Gasteiger partial charge in [0, 0.05) is 22.8 Å². The summed E-state index contributed by atoms with van der Waals surface area (Å²) in [7, 11) is 3.20. The molecule has 0 aromatic heterocycles. The summed E-state index contributed by atoms with van der Waals surface area (Å²) in [5.74, 6) is 1.38. The molecule has 2 aromatic carbocycles. The van der Waals surface area contributed by atoms with Crippen LogP contribution in [0.4, 0.5) is 0 Å². The predicted molar refractivity (Wildman–Crippen MR) is 81.5 cm³/mol. The molecule has 1 atom stereocenters. The van der Waals surface area contributed by atoms with Gasteiger partial charge in [-0.15, -0.1) is 0 Å². The van der Waals surface area contributed by atoms with E-state index < -0.39 is 6.10 Å². The number of hydrogen-bond acceptors (Lipinski definition) is 4. The molecule has 0 spiro atoms. The average Bonchev–Trinajstić information content (AvgIpc) is 2.48. The Morgan fingerprint density at radius 2 is 1.65 bits per heavy atom. The Bertz CT molecular complexity index is 612. The molecule has 0 bridgehead atoms. The molecule has 0 radical (unpaired) electrons. The van der Waals surface area contributed by atoms with Crippen molar-refractivity contribution >= 4 is 26.7 Å². The van der Waals surface area contributed by atoms with Crippen LogP contribution in [0, 0.1) is 0 Å². The number of hydrogen-bond donors (Lipinski definition) is 2. The van der Waals surface area contributed by atoms with Crippen LogP contribution in [0.25, 0.3) is 10.8 Å². The first-order valence-electron chi connectivity index (χ1n) is 6.24. The van der Waals surface area contributed by atoms with Crippen molar-refractivity contribution in [2.75, 3.05) is 20.8 Å². The van der Waals surface area contributed by atoms with Crippen molar-refractivity contribution in [3.8, 4) is 11.5 Å². The van der Waals surface area contributed by atoms with Gasteiger partial charge in [-0.3, -0.25) is 0 Å². The standard InChI is InChI=1S/C15H17BrO4/c1-19-14-10-5-3-4-6-11(10)15(20-2)13(16)12(14)7-9(18)8-17/h3-6,9,17-18H,7-8H2,1-2H3/t9-/m0/s1. The van der Waals surface area contributed by atoms with Crippen LogP contribution < -0.4 is 9.47 Å². The third kappa shape index (κ3) is 2.61. The van der Waals surface area contributed by atoms with E-state index in [1.54, 1.807) is 14.2 Å². The number of aliphatic hydroxyl groups is 2. The number of benzene rings is 2. The maximum atomic E-state index is 9.72. The summed E-state index contributed by atoms with van der Waals surface area (Å²) in [6.07, 6.45) is -0.562. The zero-order chi connectivity index (χ0) is 14.7. The Kier molecular flexibility index (Phi) is 4.86. The van der Waals surface area contributed by atoms with E-state index >= 15 is 0 Å². The van der Waals surface area contributed by atoms with E-state index in [2.05, 4.69) is 15.9 Å². The van der Waals surface area contributed by atoms with E-state index in [0.29, 0.717) is 11.5 Å². The molecule has 0 aliphatic heterocycles. The summed E-state index contributed by atoms with van der Waals surface area (Å²) in [4.78, 5) is 0. The first kappa shape index (κ1) is 15.1. The van der Waals surface area contributed by atoms with Gasteiger partial charge >= 0.3 is 0 Å². The third-order valence-corrected chi connectivity index (χ3v) is 4.05.